The lowest BCUT2D eigenvalue weighted by Gasteiger charge is -2.21. The van der Waals surface area contributed by atoms with Crippen LogP contribution >= 0.6 is 0 Å². The molecule has 0 saturated heterocycles. The highest BCUT2D eigenvalue weighted by atomic mass is 16.4. The summed E-state index contributed by atoms with van der Waals surface area (Å²) in [6.07, 6.45) is 1.77. The van der Waals surface area contributed by atoms with Gasteiger partial charge in [-0.25, -0.2) is 4.79 Å². The Morgan fingerprint density at radius 1 is 1.22 bits per heavy atom. The predicted molar refractivity (Wildman–Crippen MR) is 94.4 cm³/mol. The summed E-state index contributed by atoms with van der Waals surface area (Å²) in [5.41, 5.74) is 3.07. The number of anilines is 1. The summed E-state index contributed by atoms with van der Waals surface area (Å²) in [6.45, 7) is 9.56. The first-order chi connectivity index (χ1) is 11.0. The third-order valence-electron chi connectivity index (χ3n) is 4.36. The zero-order chi connectivity index (χ0) is 17.0. The number of hydrogen-bond acceptors (Lipinski definition) is 4. The van der Waals surface area contributed by atoms with E-state index in [1.165, 1.54) is 0 Å². The minimum Gasteiger partial charge on any atom is -0.422 e. The van der Waals surface area contributed by atoms with Crippen molar-refractivity contribution >= 4 is 22.4 Å². The van der Waals surface area contributed by atoms with Gasteiger partial charge in [0.1, 0.15) is 11.4 Å². The number of ketones is 1. The van der Waals surface area contributed by atoms with E-state index in [4.69, 9.17) is 4.42 Å². The number of nitrogens with zero attached hydrogens (tertiary/aromatic N) is 1. The number of benzene rings is 1. The molecule has 0 bridgehead atoms. The van der Waals surface area contributed by atoms with E-state index < -0.39 is 0 Å². The van der Waals surface area contributed by atoms with Crippen molar-refractivity contribution in [2.45, 2.75) is 47.0 Å². The number of rotatable bonds is 7. The van der Waals surface area contributed by atoms with E-state index >= 15 is 0 Å². The van der Waals surface area contributed by atoms with Gasteiger partial charge in [-0.1, -0.05) is 0 Å². The largest absolute Gasteiger partial charge is 0.422 e. The molecule has 0 aliphatic rings. The van der Waals surface area contributed by atoms with Crippen LogP contribution in [-0.4, -0.2) is 18.9 Å². The van der Waals surface area contributed by atoms with Crippen LogP contribution in [0.5, 0.6) is 0 Å². The molecule has 0 aliphatic heterocycles. The maximum Gasteiger partial charge on any atom is 0.339 e. The highest BCUT2D eigenvalue weighted by Crippen LogP contribution is 2.25. The summed E-state index contributed by atoms with van der Waals surface area (Å²) in [6, 6.07) is 6.04. The van der Waals surface area contributed by atoms with Crippen LogP contribution in [-0.2, 0) is 11.2 Å². The fourth-order valence-corrected chi connectivity index (χ4v) is 2.97. The first-order valence-electron chi connectivity index (χ1n) is 8.28. The monoisotopic (exact) mass is 315 g/mol. The van der Waals surface area contributed by atoms with Crippen molar-refractivity contribution in [3.05, 3.63) is 39.7 Å². The molecule has 0 aliphatic carbocycles. The molecule has 1 aromatic heterocycles. The van der Waals surface area contributed by atoms with Crippen LogP contribution in [0.2, 0.25) is 0 Å². The molecule has 0 unspecified atom stereocenters. The summed E-state index contributed by atoms with van der Waals surface area (Å²) in [5, 5.41) is 0.971. The SMILES string of the molecule is CCN(CC)c1ccc2c(C)c(CCCC(C)=O)c(=O)oc2c1. The second-order valence-corrected chi connectivity index (χ2v) is 5.90. The lowest BCUT2D eigenvalue weighted by molar-refractivity contribution is -0.117. The van der Waals surface area contributed by atoms with Gasteiger partial charge in [0.15, 0.2) is 0 Å². The Kier molecular flexibility index (Phi) is 5.59. The summed E-state index contributed by atoms with van der Waals surface area (Å²) >= 11 is 0. The standard InChI is InChI=1S/C19H25NO3/c1-5-20(6-2)15-10-11-16-14(4)17(9-7-8-13(3)21)19(22)23-18(16)12-15/h10-12H,5-9H2,1-4H3. The Labute approximate surface area is 137 Å². The molecule has 4 nitrogen and oxygen atoms in total. The molecule has 1 heterocycles. The van der Waals surface area contributed by atoms with E-state index in [0.29, 0.717) is 30.4 Å². The highest BCUT2D eigenvalue weighted by molar-refractivity contribution is 5.84. The topological polar surface area (TPSA) is 50.5 Å². The van der Waals surface area contributed by atoms with Gasteiger partial charge in [0, 0.05) is 42.2 Å². The molecule has 2 rings (SSSR count). The van der Waals surface area contributed by atoms with Crippen LogP contribution in [0, 0.1) is 6.92 Å². The summed E-state index contributed by atoms with van der Waals surface area (Å²) < 4.78 is 5.54. The Hall–Kier alpha value is -2.10. The molecular weight excluding hydrogens is 290 g/mol. The fraction of sp³-hybridized carbons (Fsp3) is 0.474. The Morgan fingerprint density at radius 3 is 2.52 bits per heavy atom. The van der Waals surface area contributed by atoms with Crippen LogP contribution in [0.15, 0.2) is 27.4 Å². The second kappa shape index (κ2) is 7.44. The molecule has 0 N–H and O–H groups in total. The van der Waals surface area contributed by atoms with Gasteiger partial charge < -0.3 is 14.1 Å². The second-order valence-electron chi connectivity index (χ2n) is 5.90. The van der Waals surface area contributed by atoms with Crippen molar-refractivity contribution in [1.82, 2.24) is 0 Å². The Morgan fingerprint density at radius 2 is 1.91 bits per heavy atom. The van der Waals surface area contributed by atoms with Gasteiger partial charge in [-0.2, -0.15) is 0 Å². The smallest absolute Gasteiger partial charge is 0.339 e. The van der Waals surface area contributed by atoms with Crippen molar-refractivity contribution in [1.29, 1.82) is 0 Å². The van der Waals surface area contributed by atoms with Gasteiger partial charge >= 0.3 is 5.63 Å². The molecule has 124 valence electrons. The summed E-state index contributed by atoms with van der Waals surface area (Å²) in [5.74, 6) is 0.150. The van der Waals surface area contributed by atoms with Gasteiger partial charge in [0.2, 0.25) is 0 Å². The molecule has 0 radical (unpaired) electrons. The zero-order valence-corrected chi connectivity index (χ0v) is 14.4. The van der Waals surface area contributed by atoms with E-state index in [2.05, 4.69) is 24.8 Å². The van der Waals surface area contributed by atoms with Crippen LogP contribution < -0.4 is 10.5 Å². The number of carbonyl (C=O) groups is 1. The third-order valence-corrected chi connectivity index (χ3v) is 4.36. The molecule has 0 amide bonds. The molecule has 0 spiro atoms. The molecule has 0 atom stereocenters. The fourth-order valence-electron chi connectivity index (χ4n) is 2.97. The lowest BCUT2D eigenvalue weighted by Crippen LogP contribution is -2.21. The highest BCUT2D eigenvalue weighted by Gasteiger charge is 2.13. The number of carbonyl (C=O) groups excluding carboxylic acids is 1. The lowest BCUT2D eigenvalue weighted by atomic mass is 10.0. The van der Waals surface area contributed by atoms with Gasteiger partial charge in [-0.05, 0) is 58.2 Å². The number of Topliss-reactive ketones (excluding diaryl/α,β-unsaturated/α-hetero) is 1. The Balaban J connectivity index is 2.41. The van der Waals surface area contributed by atoms with Gasteiger partial charge in [-0.3, -0.25) is 0 Å². The van der Waals surface area contributed by atoms with Crippen LogP contribution in [0.25, 0.3) is 11.0 Å². The summed E-state index contributed by atoms with van der Waals surface area (Å²) in [7, 11) is 0. The quantitative estimate of drug-likeness (QED) is 0.728. The van der Waals surface area contributed by atoms with E-state index in [1.807, 2.05) is 19.1 Å². The molecule has 4 heteroatoms. The molecule has 23 heavy (non-hydrogen) atoms. The first kappa shape index (κ1) is 17.3. The van der Waals surface area contributed by atoms with Crippen molar-refractivity contribution in [2.24, 2.45) is 0 Å². The molecular formula is C19H25NO3. The normalized spacial score (nSPS) is 11.0. The molecule has 0 saturated carbocycles. The van der Waals surface area contributed by atoms with E-state index in [9.17, 15) is 9.59 Å². The van der Waals surface area contributed by atoms with Gasteiger partial charge in [-0.15, -0.1) is 0 Å². The van der Waals surface area contributed by atoms with Gasteiger partial charge in [0.05, 0.1) is 0 Å². The van der Waals surface area contributed by atoms with E-state index in [0.717, 1.165) is 29.7 Å². The number of aryl methyl sites for hydroxylation is 1. The number of fused-ring (bicyclic) bond motifs is 1. The average Bonchev–Trinajstić information content (AvgIpc) is 2.51. The maximum atomic E-state index is 12.3. The minimum absolute atomic E-state index is 0.150. The van der Waals surface area contributed by atoms with Crippen LogP contribution in [0.3, 0.4) is 0 Å². The van der Waals surface area contributed by atoms with Crippen molar-refractivity contribution < 1.29 is 9.21 Å². The molecule has 0 fully saturated rings. The van der Waals surface area contributed by atoms with Crippen molar-refractivity contribution in [3.63, 3.8) is 0 Å². The van der Waals surface area contributed by atoms with Gasteiger partial charge in [0.25, 0.3) is 0 Å². The van der Waals surface area contributed by atoms with E-state index in [-0.39, 0.29) is 11.4 Å². The van der Waals surface area contributed by atoms with Crippen molar-refractivity contribution in [3.8, 4) is 0 Å². The molecule has 2 aromatic rings. The minimum atomic E-state index is -0.282. The third kappa shape index (κ3) is 3.81. The zero-order valence-electron chi connectivity index (χ0n) is 14.4. The molecule has 1 aromatic carbocycles. The van der Waals surface area contributed by atoms with Crippen molar-refractivity contribution in [2.75, 3.05) is 18.0 Å². The van der Waals surface area contributed by atoms with Crippen LogP contribution in [0.4, 0.5) is 5.69 Å². The number of hydrogen-bond donors (Lipinski definition) is 0. The first-order valence-corrected chi connectivity index (χ1v) is 8.28. The van der Waals surface area contributed by atoms with Crippen LogP contribution in [0.1, 0.15) is 44.7 Å². The summed E-state index contributed by atoms with van der Waals surface area (Å²) in [4.78, 5) is 25.6. The van der Waals surface area contributed by atoms with E-state index in [1.54, 1.807) is 6.92 Å². The maximum absolute atomic E-state index is 12.3. The predicted octanol–water partition coefficient (Wildman–Crippen LogP) is 3.86. The Bertz CT molecular complexity index is 757. The average molecular weight is 315 g/mol.